The van der Waals surface area contributed by atoms with Crippen LogP contribution < -0.4 is 15.1 Å². The average Bonchev–Trinajstić information content (AvgIpc) is 2.86. The summed E-state index contributed by atoms with van der Waals surface area (Å²) in [6.07, 6.45) is 4.58. The van der Waals surface area contributed by atoms with Crippen molar-refractivity contribution in [3.8, 4) is 5.75 Å². The number of aliphatic hydroxyl groups excluding tert-OH is 1. The number of nitrogens with one attached hydrogen (secondary N) is 1. The summed E-state index contributed by atoms with van der Waals surface area (Å²) in [6, 6.07) is 5.57. The van der Waals surface area contributed by atoms with Crippen molar-refractivity contribution in [2.24, 2.45) is 0 Å². The van der Waals surface area contributed by atoms with Crippen molar-refractivity contribution in [2.75, 3.05) is 31.9 Å². The quantitative estimate of drug-likeness (QED) is 0.627. The second-order valence-electron chi connectivity index (χ2n) is 8.67. The minimum absolute atomic E-state index is 0.192. The Hall–Kier alpha value is -3.21. The first-order valence-corrected chi connectivity index (χ1v) is 12.3. The van der Waals surface area contributed by atoms with E-state index >= 15 is 0 Å². The highest BCUT2D eigenvalue weighted by atomic mass is 35.5. The molecule has 0 radical (unpaired) electrons. The van der Waals surface area contributed by atoms with Crippen LogP contribution >= 0.6 is 11.6 Å². The molecule has 192 valence electrons. The van der Waals surface area contributed by atoms with E-state index in [1.165, 1.54) is 18.2 Å². The molecule has 2 N–H and O–H groups in total. The van der Waals surface area contributed by atoms with E-state index in [9.17, 15) is 14.7 Å². The number of allylic oxidation sites excluding steroid dienone is 2. The molecule has 1 aromatic heterocycles. The van der Waals surface area contributed by atoms with Crippen LogP contribution in [0.1, 0.15) is 39.0 Å². The second kappa shape index (κ2) is 11.7. The molecule has 2 heterocycles. The van der Waals surface area contributed by atoms with Crippen molar-refractivity contribution in [3.05, 3.63) is 46.9 Å². The number of rotatable bonds is 2. The van der Waals surface area contributed by atoms with E-state index in [0.717, 1.165) is 22.2 Å². The van der Waals surface area contributed by atoms with E-state index in [-0.39, 0.29) is 31.3 Å². The van der Waals surface area contributed by atoms with Gasteiger partial charge in [0.2, 0.25) is 11.8 Å². The number of hydroxylamine groups is 1. The molecule has 0 spiro atoms. The first kappa shape index (κ1) is 25.9. The van der Waals surface area contributed by atoms with Crippen LogP contribution in [0.2, 0.25) is 0 Å². The smallest absolute Gasteiger partial charge is 0.239 e. The van der Waals surface area contributed by atoms with Gasteiger partial charge in [0.25, 0.3) is 0 Å². The van der Waals surface area contributed by atoms with Crippen molar-refractivity contribution in [1.29, 1.82) is 0 Å². The van der Waals surface area contributed by atoms with Crippen LogP contribution in [0.3, 0.4) is 0 Å². The SMILES string of the molecule is CON1C2=C(CNC(=O)CN(C(C)O)C(=O)CCCCOc3ccc4ncnc1c4c3)CC(Cl)=CC2. The molecular formula is C25H30ClN5O5. The van der Waals surface area contributed by atoms with Crippen LogP contribution in [0.25, 0.3) is 10.9 Å². The summed E-state index contributed by atoms with van der Waals surface area (Å²) < 4.78 is 5.94. The normalized spacial score (nSPS) is 19.3. The number of ether oxygens (including phenoxy) is 1. The monoisotopic (exact) mass is 515 g/mol. The lowest BCUT2D eigenvalue weighted by Gasteiger charge is -2.29. The third-order valence-corrected chi connectivity index (χ3v) is 6.44. The molecule has 36 heavy (non-hydrogen) atoms. The number of carbonyl (C=O) groups excluding carboxylic acids is 2. The van der Waals surface area contributed by atoms with Gasteiger partial charge in [-0.25, -0.2) is 15.0 Å². The number of benzene rings is 1. The van der Waals surface area contributed by atoms with Crippen LogP contribution in [0, 0.1) is 0 Å². The lowest BCUT2D eigenvalue weighted by atomic mass is 10.0. The number of anilines is 1. The number of hydrogen-bond acceptors (Lipinski definition) is 8. The minimum Gasteiger partial charge on any atom is -0.494 e. The molecule has 1 unspecified atom stereocenters. The third kappa shape index (κ3) is 5.95. The van der Waals surface area contributed by atoms with Crippen molar-refractivity contribution in [3.63, 3.8) is 0 Å². The third-order valence-electron chi connectivity index (χ3n) is 6.15. The van der Waals surface area contributed by atoms with E-state index in [1.54, 1.807) is 12.2 Å². The molecular weight excluding hydrogens is 486 g/mol. The molecule has 2 aliphatic rings. The maximum Gasteiger partial charge on any atom is 0.239 e. The van der Waals surface area contributed by atoms with Crippen molar-refractivity contribution < 1.29 is 24.3 Å². The number of carbonyl (C=O) groups is 2. The van der Waals surface area contributed by atoms with Gasteiger partial charge in [-0.1, -0.05) is 17.7 Å². The van der Waals surface area contributed by atoms with E-state index in [0.29, 0.717) is 48.9 Å². The van der Waals surface area contributed by atoms with Crippen LogP contribution in [0.4, 0.5) is 5.82 Å². The van der Waals surface area contributed by atoms with Crippen LogP contribution in [-0.2, 0) is 14.4 Å². The van der Waals surface area contributed by atoms with Gasteiger partial charge in [-0.2, -0.15) is 0 Å². The number of hydrogen-bond donors (Lipinski definition) is 2. The summed E-state index contributed by atoms with van der Waals surface area (Å²) in [5, 5.41) is 16.0. The largest absolute Gasteiger partial charge is 0.494 e. The molecule has 2 aromatic rings. The minimum atomic E-state index is -1.08. The number of fused-ring (bicyclic) bond motifs is 1. The number of halogens is 1. The molecule has 1 aliphatic carbocycles. The van der Waals surface area contributed by atoms with Gasteiger partial charge in [0.1, 0.15) is 24.8 Å². The Kier molecular flexibility index (Phi) is 8.40. The van der Waals surface area contributed by atoms with E-state index in [1.807, 2.05) is 24.3 Å². The number of aliphatic hydroxyl groups is 1. The maximum absolute atomic E-state index is 12.7. The highest BCUT2D eigenvalue weighted by molar-refractivity contribution is 6.29. The number of nitrogens with zero attached hydrogens (tertiary/aromatic N) is 4. The summed E-state index contributed by atoms with van der Waals surface area (Å²) in [5.74, 6) is 0.529. The molecule has 2 bridgehead atoms. The molecule has 10 nitrogen and oxygen atoms in total. The fraction of sp³-hybridized carbons (Fsp3) is 0.440. The van der Waals surface area contributed by atoms with Crippen molar-refractivity contribution in [1.82, 2.24) is 20.2 Å². The van der Waals surface area contributed by atoms with Crippen LogP contribution in [0.5, 0.6) is 5.75 Å². The molecule has 4 rings (SSSR count). The van der Waals surface area contributed by atoms with E-state index in [2.05, 4.69) is 15.3 Å². The maximum atomic E-state index is 12.7. The summed E-state index contributed by atoms with van der Waals surface area (Å²) in [6.45, 7) is 1.82. The van der Waals surface area contributed by atoms with Gasteiger partial charge >= 0.3 is 0 Å². The summed E-state index contributed by atoms with van der Waals surface area (Å²) >= 11 is 6.36. The van der Waals surface area contributed by atoms with Gasteiger partial charge in [0.15, 0.2) is 5.82 Å². The van der Waals surface area contributed by atoms with Gasteiger partial charge in [0.05, 0.1) is 24.9 Å². The molecule has 1 aliphatic heterocycles. The Labute approximate surface area is 214 Å². The Bertz CT molecular complexity index is 1200. The highest BCUT2D eigenvalue weighted by Gasteiger charge is 2.25. The van der Waals surface area contributed by atoms with Gasteiger partial charge in [-0.05, 0) is 43.5 Å². The average molecular weight is 516 g/mol. The van der Waals surface area contributed by atoms with E-state index < -0.39 is 6.23 Å². The van der Waals surface area contributed by atoms with Crippen LogP contribution in [-0.4, -0.2) is 64.8 Å². The number of aromatic nitrogens is 2. The second-order valence-corrected chi connectivity index (χ2v) is 9.16. The molecule has 0 saturated heterocycles. The Morgan fingerprint density at radius 3 is 2.86 bits per heavy atom. The topological polar surface area (TPSA) is 117 Å². The molecule has 0 saturated carbocycles. The van der Waals surface area contributed by atoms with Gasteiger partial charge in [0, 0.05) is 36.2 Å². The lowest BCUT2D eigenvalue weighted by Crippen LogP contribution is -2.45. The Balaban J connectivity index is 1.74. The predicted octanol–water partition coefficient (Wildman–Crippen LogP) is 3.01. The zero-order valence-corrected chi connectivity index (χ0v) is 21.1. The van der Waals surface area contributed by atoms with Crippen LogP contribution in [0.15, 0.2) is 46.9 Å². The molecule has 1 aromatic carbocycles. The standard InChI is InChI=1S/C25H30ClN5O5/c1-16(32)30-14-23(33)27-13-17-11-18(26)6-9-22(17)31(35-2)25-20-12-19(7-8-21(20)28-15-29-25)36-10-4-3-5-24(30)34/h6-8,12,15-16,32H,3-5,9-11,13-14H2,1-2H3,(H,27,33). The summed E-state index contributed by atoms with van der Waals surface area (Å²) in [7, 11) is 1.55. The highest BCUT2D eigenvalue weighted by Crippen LogP contribution is 2.35. The fourth-order valence-corrected chi connectivity index (χ4v) is 4.51. The number of amides is 2. The predicted molar refractivity (Wildman–Crippen MR) is 135 cm³/mol. The molecule has 0 fully saturated rings. The summed E-state index contributed by atoms with van der Waals surface area (Å²) in [4.78, 5) is 41.2. The van der Waals surface area contributed by atoms with Crippen molar-refractivity contribution in [2.45, 2.75) is 45.3 Å². The van der Waals surface area contributed by atoms with Crippen molar-refractivity contribution >= 4 is 40.1 Å². The van der Waals surface area contributed by atoms with Gasteiger partial charge in [-0.15, -0.1) is 0 Å². The first-order valence-electron chi connectivity index (χ1n) is 11.9. The van der Waals surface area contributed by atoms with E-state index in [4.69, 9.17) is 21.2 Å². The first-order chi connectivity index (χ1) is 17.4. The Morgan fingerprint density at radius 2 is 2.08 bits per heavy atom. The zero-order valence-electron chi connectivity index (χ0n) is 20.4. The molecule has 2 amide bonds. The summed E-state index contributed by atoms with van der Waals surface area (Å²) in [5.41, 5.74) is 2.36. The zero-order chi connectivity index (χ0) is 25.7. The fourth-order valence-electron chi connectivity index (χ4n) is 4.28. The lowest BCUT2D eigenvalue weighted by molar-refractivity contribution is -0.145. The van der Waals surface area contributed by atoms with Gasteiger partial charge in [-0.3, -0.25) is 14.4 Å². The van der Waals surface area contributed by atoms with Gasteiger partial charge < -0.3 is 20.1 Å². The Morgan fingerprint density at radius 1 is 1.25 bits per heavy atom. The molecule has 1 atom stereocenters. The molecule has 11 heteroatoms.